The molecule has 0 aliphatic carbocycles. The van der Waals surface area contributed by atoms with Crippen LogP contribution in [-0.4, -0.2) is 32.6 Å². The molecular formula is C14H14N4O3S. The van der Waals surface area contributed by atoms with Crippen LogP contribution in [0.5, 0.6) is 0 Å². The minimum absolute atomic E-state index is 0.0313. The first kappa shape index (κ1) is 14.5. The molecule has 0 aliphatic heterocycles. The van der Waals surface area contributed by atoms with Crippen LogP contribution in [0.25, 0.3) is 0 Å². The van der Waals surface area contributed by atoms with Gasteiger partial charge in [-0.25, -0.2) is 0 Å². The smallest absolute Gasteiger partial charge is 0.273 e. The van der Waals surface area contributed by atoms with Gasteiger partial charge in [0.15, 0.2) is 11.3 Å². The molecule has 3 heterocycles. The van der Waals surface area contributed by atoms with E-state index in [1.54, 1.807) is 25.2 Å². The second kappa shape index (κ2) is 5.74. The van der Waals surface area contributed by atoms with Crippen molar-refractivity contribution in [2.75, 3.05) is 6.54 Å². The maximum atomic E-state index is 12.1. The predicted octanol–water partition coefficient (Wildman–Crippen LogP) is 1.14. The minimum Gasteiger partial charge on any atom is -0.466 e. The monoisotopic (exact) mass is 318 g/mol. The molecule has 1 atom stereocenters. The number of carbonyl (C=O) groups excluding carboxylic acids is 1. The van der Waals surface area contributed by atoms with Crippen molar-refractivity contribution in [3.63, 3.8) is 0 Å². The van der Waals surface area contributed by atoms with Gasteiger partial charge in [-0.1, -0.05) is 11.3 Å². The Morgan fingerprint density at radius 1 is 1.50 bits per heavy atom. The molecule has 0 spiro atoms. The van der Waals surface area contributed by atoms with E-state index in [-0.39, 0.29) is 12.2 Å². The number of aromatic nitrogens is 3. The highest BCUT2D eigenvalue weighted by molar-refractivity contribution is 7.10. The summed E-state index contributed by atoms with van der Waals surface area (Å²) in [6, 6.07) is 6.99. The van der Waals surface area contributed by atoms with Crippen molar-refractivity contribution in [1.82, 2.24) is 20.3 Å². The molecule has 2 N–H and O–H groups in total. The molecule has 0 fully saturated rings. The van der Waals surface area contributed by atoms with Gasteiger partial charge in [-0.15, -0.1) is 16.4 Å². The molecule has 8 heteroatoms. The zero-order valence-electron chi connectivity index (χ0n) is 11.8. The molecule has 114 valence electrons. The van der Waals surface area contributed by atoms with Crippen molar-refractivity contribution in [3.05, 3.63) is 58.4 Å². The highest BCUT2D eigenvalue weighted by Gasteiger charge is 2.36. The van der Waals surface area contributed by atoms with E-state index in [0.29, 0.717) is 10.6 Å². The van der Waals surface area contributed by atoms with Crippen LogP contribution in [0.3, 0.4) is 0 Å². The lowest BCUT2D eigenvalue weighted by molar-refractivity contribution is 0.0553. The number of nitrogens with one attached hydrogen (secondary N) is 1. The van der Waals surface area contributed by atoms with Crippen LogP contribution in [-0.2, 0) is 12.6 Å². The van der Waals surface area contributed by atoms with Crippen molar-refractivity contribution in [2.45, 2.75) is 5.60 Å². The lowest BCUT2D eigenvalue weighted by atomic mass is 9.98. The fraction of sp³-hybridized carbons (Fsp3) is 0.214. The summed E-state index contributed by atoms with van der Waals surface area (Å²) in [6.45, 7) is -0.0313. The van der Waals surface area contributed by atoms with Crippen LogP contribution in [0.2, 0.25) is 0 Å². The van der Waals surface area contributed by atoms with E-state index in [4.69, 9.17) is 4.42 Å². The van der Waals surface area contributed by atoms with Gasteiger partial charge in [0.2, 0.25) is 0 Å². The largest absolute Gasteiger partial charge is 0.466 e. The Kier molecular flexibility index (Phi) is 3.78. The van der Waals surface area contributed by atoms with Crippen molar-refractivity contribution in [3.8, 4) is 0 Å². The number of furan rings is 1. The third-order valence-electron chi connectivity index (χ3n) is 3.20. The molecule has 0 aliphatic rings. The molecule has 3 rings (SSSR count). The van der Waals surface area contributed by atoms with Gasteiger partial charge < -0.3 is 14.8 Å². The van der Waals surface area contributed by atoms with Crippen LogP contribution < -0.4 is 5.32 Å². The summed E-state index contributed by atoms with van der Waals surface area (Å²) in [5.41, 5.74) is -1.23. The average Bonchev–Trinajstić information content (AvgIpc) is 3.24. The summed E-state index contributed by atoms with van der Waals surface area (Å²) in [6.07, 6.45) is 2.99. The fourth-order valence-electron chi connectivity index (χ4n) is 2.07. The van der Waals surface area contributed by atoms with E-state index in [0.717, 1.165) is 0 Å². The minimum atomic E-state index is -1.42. The number of carbonyl (C=O) groups is 1. The Hall–Kier alpha value is -2.45. The molecule has 1 amide bonds. The molecule has 0 saturated heterocycles. The van der Waals surface area contributed by atoms with Crippen LogP contribution in [0.15, 0.2) is 46.5 Å². The number of nitrogens with zero attached hydrogens (tertiary/aromatic N) is 3. The highest BCUT2D eigenvalue weighted by atomic mass is 32.1. The van der Waals surface area contributed by atoms with Gasteiger partial charge in [0.1, 0.15) is 5.76 Å². The first-order valence-electron chi connectivity index (χ1n) is 6.54. The Morgan fingerprint density at radius 3 is 2.95 bits per heavy atom. The van der Waals surface area contributed by atoms with Crippen molar-refractivity contribution in [1.29, 1.82) is 0 Å². The fourth-order valence-corrected chi connectivity index (χ4v) is 2.90. The number of hydrogen-bond donors (Lipinski definition) is 2. The van der Waals surface area contributed by atoms with Crippen molar-refractivity contribution >= 4 is 17.2 Å². The van der Waals surface area contributed by atoms with Crippen molar-refractivity contribution < 1.29 is 14.3 Å². The Morgan fingerprint density at radius 2 is 2.36 bits per heavy atom. The molecule has 0 saturated carbocycles. The second-order valence-electron chi connectivity index (χ2n) is 4.78. The molecule has 0 bridgehead atoms. The highest BCUT2D eigenvalue weighted by Crippen LogP contribution is 2.32. The van der Waals surface area contributed by atoms with Crippen LogP contribution in [0.4, 0.5) is 0 Å². The molecule has 3 aromatic rings. The second-order valence-corrected chi connectivity index (χ2v) is 5.72. The summed E-state index contributed by atoms with van der Waals surface area (Å²) in [5, 5.41) is 23.0. The molecular weight excluding hydrogens is 304 g/mol. The Labute approximate surface area is 130 Å². The summed E-state index contributed by atoms with van der Waals surface area (Å²) in [5.74, 6) is -0.0379. The van der Waals surface area contributed by atoms with E-state index in [1.807, 2.05) is 11.4 Å². The standard InChI is InChI=1S/C14H14N4O3S/c1-18-8-10(16-17-18)13(19)15-9-14(20,11-4-2-6-21-11)12-5-3-7-22-12/h2-8,20H,9H2,1H3,(H,15,19). The first-order chi connectivity index (χ1) is 10.6. The first-order valence-corrected chi connectivity index (χ1v) is 7.42. The maximum Gasteiger partial charge on any atom is 0.273 e. The number of rotatable bonds is 5. The van der Waals surface area contributed by atoms with Gasteiger partial charge >= 0.3 is 0 Å². The van der Waals surface area contributed by atoms with Crippen LogP contribution in [0.1, 0.15) is 21.1 Å². The topological polar surface area (TPSA) is 93.2 Å². The third kappa shape index (κ3) is 2.66. The van der Waals surface area contributed by atoms with Gasteiger partial charge in [-0.2, -0.15) is 0 Å². The van der Waals surface area contributed by atoms with E-state index < -0.39 is 11.5 Å². The third-order valence-corrected chi connectivity index (χ3v) is 4.22. The number of hydrogen-bond acceptors (Lipinski definition) is 6. The summed E-state index contributed by atoms with van der Waals surface area (Å²) < 4.78 is 6.78. The SMILES string of the molecule is Cn1cc(C(=O)NCC(O)(c2ccco2)c2cccs2)nn1. The molecule has 1 unspecified atom stereocenters. The molecule has 0 radical (unpaired) electrons. The lowest BCUT2D eigenvalue weighted by Gasteiger charge is -2.25. The predicted molar refractivity (Wildman–Crippen MR) is 79.4 cm³/mol. The van der Waals surface area contributed by atoms with E-state index >= 15 is 0 Å². The Balaban J connectivity index is 1.81. The number of amides is 1. The number of aliphatic hydroxyl groups is 1. The molecule has 3 aromatic heterocycles. The molecule has 22 heavy (non-hydrogen) atoms. The van der Waals surface area contributed by atoms with E-state index in [9.17, 15) is 9.90 Å². The van der Waals surface area contributed by atoms with Gasteiger partial charge in [0.25, 0.3) is 5.91 Å². The summed E-state index contributed by atoms with van der Waals surface area (Å²) in [7, 11) is 1.68. The zero-order chi connectivity index (χ0) is 15.6. The quantitative estimate of drug-likeness (QED) is 0.736. The summed E-state index contributed by atoms with van der Waals surface area (Å²) in [4.78, 5) is 12.8. The Bertz CT molecular complexity index is 715. The molecule has 0 aromatic carbocycles. The maximum absolute atomic E-state index is 12.1. The number of thiophene rings is 1. The lowest BCUT2D eigenvalue weighted by Crippen LogP contribution is -2.41. The normalized spacial score (nSPS) is 13.7. The number of aryl methyl sites for hydroxylation is 1. The van der Waals surface area contributed by atoms with Gasteiger partial charge in [-0.3, -0.25) is 9.48 Å². The van der Waals surface area contributed by atoms with Gasteiger partial charge in [0, 0.05) is 11.9 Å². The van der Waals surface area contributed by atoms with E-state index in [2.05, 4.69) is 15.6 Å². The van der Waals surface area contributed by atoms with Crippen LogP contribution >= 0.6 is 11.3 Å². The van der Waals surface area contributed by atoms with Crippen molar-refractivity contribution in [2.24, 2.45) is 7.05 Å². The zero-order valence-corrected chi connectivity index (χ0v) is 12.6. The average molecular weight is 318 g/mol. The van der Waals surface area contributed by atoms with Gasteiger partial charge in [-0.05, 0) is 23.6 Å². The van der Waals surface area contributed by atoms with Gasteiger partial charge in [0.05, 0.1) is 19.0 Å². The summed E-state index contributed by atoms with van der Waals surface area (Å²) >= 11 is 1.39. The van der Waals surface area contributed by atoms with E-state index in [1.165, 1.54) is 28.5 Å². The van der Waals surface area contributed by atoms with Crippen LogP contribution in [0, 0.1) is 0 Å². The molecule has 7 nitrogen and oxygen atoms in total.